The van der Waals surface area contributed by atoms with E-state index in [2.05, 4.69) is 26.4 Å². The van der Waals surface area contributed by atoms with Crippen LogP contribution in [0.4, 0.5) is 32.8 Å². The number of likely N-dealkylation sites (N-methyl/N-ethyl adjacent to an activating group) is 1. The highest BCUT2D eigenvalue weighted by Crippen LogP contribution is 2.36. The summed E-state index contributed by atoms with van der Waals surface area (Å²) >= 11 is 6.95. The van der Waals surface area contributed by atoms with Crippen LogP contribution in [0.1, 0.15) is 17.5 Å². The predicted octanol–water partition coefficient (Wildman–Crippen LogP) is 4.92. The Balaban J connectivity index is 0.000000559. The van der Waals surface area contributed by atoms with Crippen molar-refractivity contribution in [3.63, 3.8) is 0 Å². The number of hydrogen-bond donors (Lipinski definition) is 2. The highest BCUT2D eigenvalue weighted by Gasteiger charge is 2.38. The van der Waals surface area contributed by atoms with Crippen molar-refractivity contribution < 1.29 is 40.3 Å². The molecule has 4 rings (SSSR count). The number of nitrogens with zero attached hydrogens (tertiary/aromatic N) is 4. The SMILES string of the molecule is Cc1cccc(CN2CC[C@H](N(C)c3cc(F)c(S(=O)(=O)Nc4ncns4)c(F)c3Cl)C2)c1.O=C(O)C(F)(F)F. The first-order valence-electron chi connectivity index (χ1n) is 11.4. The van der Waals surface area contributed by atoms with Gasteiger partial charge in [0.2, 0.25) is 5.13 Å². The summed E-state index contributed by atoms with van der Waals surface area (Å²) in [5.74, 6) is -5.33. The summed E-state index contributed by atoms with van der Waals surface area (Å²) in [5, 5.41) is 6.57. The number of carbonyl (C=O) groups is 1. The van der Waals surface area contributed by atoms with E-state index in [0.717, 1.165) is 43.4 Å². The molecular formula is C23H23ClF5N5O4S2. The molecule has 0 radical (unpaired) electrons. The summed E-state index contributed by atoms with van der Waals surface area (Å²) in [4.78, 5) is 15.4. The largest absolute Gasteiger partial charge is 0.490 e. The molecule has 40 heavy (non-hydrogen) atoms. The van der Waals surface area contributed by atoms with Gasteiger partial charge in [-0.25, -0.2) is 27.0 Å². The second-order valence-corrected chi connectivity index (χ2v) is 11.5. The number of benzene rings is 2. The molecule has 0 unspecified atom stereocenters. The van der Waals surface area contributed by atoms with Gasteiger partial charge in [-0.1, -0.05) is 41.4 Å². The number of halogens is 6. The van der Waals surface area contributed by atoms with Gasteiger partial charge in [0.1, 0.15) is 17.2 Å². The van der Waals surface area contributed by atoms with Gasteiger partial charge in [0, 0.05) is 50.3 Å². The van der Waals surface area contributed by atoms with Gasteiger partial charge in [0.05, 0.1) is 5.69 Å². The Morgan fingerprint density at radius 1 is 1.30 bits per heavy atom. The van der Waals surface area contributed by atoms with Crippen molar-refractivity contribution in [2.75, 3.05) is 29.8 Å². The number of hydrogen-bond acceptors (Lipinski definition) is 8. The second-order valence-electron chi connectivity index (χ2n) is 8.77. The number of nitrogens with one attached hydrogen (secondary N) is 1. The van der Waals surface area contributed by atoms with Gasteiger partial charge in [-0.15, -0.1) is 0 Å². The van der Waals surface area contributed by atoms with Crippen molar-refractivity contribution >= 4 is 49.9 Å². The molecule has 0 spiro atoms. The van der Waals surface area contributed by atoms with Crippen LogP contribution in [-0.4, -0.2) is 66.1 Å². The Morgan fingerprint density at radius 3 is 2.55 bits per heavy atom. The van der Waals surface area contributed by atoms with Gasteiger partial charge < -0.3 is 10.0 Å². The maximum Gasteiger partial charge on any atom is 0.490 e. The molecule has 1 saturated heterocycles. The van der Waals surface area contributed by atoms with E-state index in [1.807, 2.05) is 23.8 Å². The predicted molar refractivity (Wildman–Crippen MR) is 139 cm³/mol. The molecule has 1 aliphatic heterocycles. The molecule has 2 heterocycles. The van der Waals surface area contributed by atoms with Crippen LogP contribution < -0.4 is 9.62 Å². The van der Waals surface area contributed by atoms with Gasteiger partial charge in [-0.3, -0.25) is 9.62 Å². The number of aryl methyl sites for hydroxylation is 1. The molecular weight excluding hydrogens is 605 g/mol. The zero-order chi connectivity index (χ0) is 29.8. The molecule has 1 fully saturated rings. The van der Waals surface area contributed by atoms with Gasteiger partial charge in [0.15, 0.2) is 10.7 Å². The van der Waals surface area contributed by atoms with Crippen molar-refractivity contribution in [2.24, 2.45) is 0 Å². The lowest BCUT2D eigenvalue weighted by atomic mass is 10.1. The molecule has 218 valence electrons. The van der Waals surface area contributed by atoms with E-state index in [1.54, 1.807) is 11.9 Å². The average Bonchev–Trinajstić information content (AvgIpc) is 3.52. The number of carboxylic acids is 1. The molecule has 0 bridgehead atoms. The summed E-state index contributed by atoms with van der Waals surface area (Å²) in [5.41, 5.74) is 2.49. The molecule has 0 saturated carbocycles. The Kier molecular flexibility index (Phi) is 9.92. The van der Waals surface area contributed by atoms with E-state index in [0.29, 0.717) is 6.54 Å². The highest BCUT2D eigenvalue weighted by molar-refractivity contribution is 7.93. The second kappa shape index (κ2) is 12.6. The van der Waals surface area contributed by atoms with Crippen molar-refractivity contribution in [2.45, 2.75) is 37.0 Å². The van der Waals surface area contributed by atoms with Crippen LogP contribution in [0, 0.1) is 18.6 Å². The number of aromatic nitrogens is 2. The summed E-state index contributed by atoms with van der Waals surface area (Å²) < 4.78 is 92.4. The summed E-state index contributed by atoms with van der Waals surface area (Å²) in [6, 6.07) is 9.19. The molecule has 0 amide bonds. The lowest BCUT2D eigenvalue weighted by Crippen LogP contribution is -2.35. The topological polar surface area (TPSA) is 116 Å². The minimum atomic E-state index is -5.08. The molecule has 9 nitrogen and oxygen atoms in total. The Bertz CT molecular complexity index is 1460. The Labute approximate surface area is 235 Å². The van der Waals surface area contributed by atoms with Gasteiger partial charge in [-0.05, 0) is 18.9 Å². The first-order valence-corrected chi connectivity index (χ1v) is 14.0. The lowest BCUT2D eigenvalue weighted by molar-refractivity contribution is -0.192. The lowest BCUT2D eigenvalue weighted by Gasteiger charge is -2.28. The van der Waals surface area contributed by atoms with Gasteiger partial charge in [-0.2, -0.15) is 17.5 Å². The van der Waals surface area contributed by atoms with Crippen LogP contribution in [0.25, 0.3) is 0 Å². The summed E-state index contributed by atoms with van der Waals surface area (Å²) in [7, 11) is -2.88. The summed E-state index contributed by atoms with van der Waals surface area (Å²) in [6.45, 7) is 4.33. The first-order chi connectivity index (χ1) is 18.6. The molecule has 3 aromatic rings. The average molecular weight is 628 g/mol. The third-order valence-electron chi connectivity index (χ3n) is 5.86. The fourth-order valence-electron chi connectivity index (χ4n) is 3.99. The minimum absolute atomic E-state index is 0.0342. The molecule has 2 aromatic carbocycles. The van der Waals surface area contributed by atoms with Gasteiger partial charge >= 0.3 is 12.1 Å². The monoisotopic (exact) mass is 627 g/mol. The number of aliphatic carboxylic acids is 1. The molecule has 17 heteroatoms. The number of sulfonamides is 1. The minimum Gasteiger partial charge on any atom is -0.475 e. The number of anilines is 2. The Hall–Kier alpha value is -3.08. The number of carboxylic acid groups (broad SMARTS) is 1. The quantitative estimate of drug-likeness (QED) is 0.280. The molecule has 1 aromatic heterocycles. The third kappa shape index (κ3) is 7.77. The van der Waals surface area contributed by atoms with E-state index in [9.17, 15) is 26.0 Å². The van der Waals surface area contributed by atoms with E-state index >= 15 is 4.39 Å². The van der Waals surface area contributed by atoms with Gasteiger partial charge in [0.25, 0.3) is 10.0 Å². The normalized spacial score (nSPS) is 15.8. The Morgan fingerprint density at radius 2 is 1.98 bits per heavy atom. The summed E-state index contributed by atoms with van der Waals surface area (Å²) in [6.07, 6.45) is -3.18. The van der Waals surface area contributed by atoms with Crippen LogP contribution in [0.15, 0.2) is 41.6 Å². The van der Waals surface area contributed by atoms with E-state index in [-0.39, 0.29) is 16.9 Å². The fourth-order valence-corrected chi connectivity index (χ4v) is 6.13. The van der Waals surface area contributed by atoms with Crippen molar-refractivity contribution in [1.82, 2.24) is 14.3 Å². The third-order valence-corrected chi connectivity index (χ3v) is 8.30. The molecule has 2 N–H and O–H groups in total. The van der Waals surface area contributed by atoms with Crippen LogP contribution in [0.2, 0.25) is 5.02 Å². The van der Waals surface area contributed by atoms with Crippen LogP contribution in [0.5, 0.6) is 0 Å². The molecule has 1 aliphatic rings. The number of rotatable bonds is 7. The highest BCUT2D eigenvalue weighted by atomic mass is 35.5. The molecule has 0 aliphatic carbocycles. The van der Waals surface area contributed by atoms with Crippen molar-refractivity contribution in [3.05, 3.63) is 64.4 Å². The number of alkyl halides is 3. The van der Waals surface area contributed by atoms with Crippen LogP contribution >= 0.6 is 23.1 Å². The van der Waals surface area contributed by atoms with Crippen molar-refractivity contribution in [3.8, 4) is 0 Å². The van der Waals surface area contributed by atoms with E-state index < -0.39 is 43.7 Å². The number of likely N-dealkylation sites (tertiary alicyclic amines) is 1. The maximum atomic E-state index is 15.0. The molecule has 1 atom stereocenters. The standard InChI is InChI=1S/C21H22ClF2N5O2S2.C2HF3O2/c1-13-4-3-5-14(8-13)10-29-7-6-15(11-29)28(2)17-9-16(23)20(19(24)18(17)22)33(30,31)27-21-25-12-26-32-21;3-2(4,5)1(6)7/h3-5,8-9,12,15H,6-7,10-11H2,1-2H3,(H,25,26,27);(H,6,7)/t15-;/m0./s1. The fraction of sp³-hybridized carbons (Fsp3) is 0.348. The van der Waals surface area contributed by atoms with Crippen molar-refractivity contribution in [1.29, 1.82) is 0 Å². The smallest absolute Gasteiger partial charge is 0.475 e. The first kappa shape index (κ1) is 31.4. The van der Waals surface area contributed by atoms with Crippen LogP contribution in [0.3, 0.4) is 0 Å². The van der Waals surface area contributed by atoms with Crippen LogP contribution in [-0.2, 0) is 21.4 Å². The zero-order valence-electron chi connectivity index (χ0n) is 20.9. The van der Waals surface area contributed by atoms with E-state index in [1.165, 1.54) is 11.1 Å². The zero-order valence-corrected chi connectivity index (χ0v) is 23.3. The maximum absolute atomic E-state index is 15.0. The van der Waals surface area contributed by atoms with E-state index in [4.69, 9.17) is 21.5 Å².